The molecule has 2 N–H and O–H groups in total. The molecule has 0 aliphatic carbocycles. The Morgan fingerprint density at radius 2 is 2.25 bits per heavy atom. The fraction of sp³-hybridized carbons (Fsp3) is 0.571. The third kappa shape index (κ3) is 2.56. The lowest BCUT2D eigenvalue weighted by Crippen LogP contribution is -2.26. The monoisotopic (exact) mass is 218 g/mol. The highest BCUT2D eigenvalue weighted by atomic mass is 14.9. The molecule has 88 valence electrons. The highest BCUT2D eigenvalue weighted by molar-refractivity contribution is 5.57. The Labute approximate surface area is 98.4 Å². The molecule has 1 heterocycles. The Hall–Kier alpha value is -1.02. The normalized spacial score (nSPS) is 20.2. The summed E-state index contributed by atoms with van der Waals surface area (Å²) in [4.78, 5) is 0. The van der Waals surface area contributed by atoms with Gasteiger partial charge in [-0.2, -0.15) is 0 Å². The van der Waals surface area contributed by atoms with Crippen molar-refractivity contribution in [3.8, 4) is 0 Å². The molecule has 16 heavy (non-hydrogen) atoms. The highest BCUT2D eigenvalue weighted by Crippen LogP contribution is 2.30. The van der Waals surface area contributed by atoms with Gasteiger partial charge < -0.3 is 10.6 Å². The average molecular weight is 218 g/mol. The zero-order chi connectivity index (χ0) is 11.4. The van der Waals surface area contributed by atoms with Crippen LogP contribution in [0.15, 0.2) is 24.3 Å². The Morgan fingerprint density at radius 3 is 3.06 bits per heavy atom. The minimum Gasteiger partial charge on any atom is -0.384 e. The number of hydrogen-bond donors (Lipinski definition) is 2. The quantitative estimate of drug-likeness (QED) is 0.794. The fourth-order valence-electron chi connectivity index (χ4n) is 2.19. The van der Waals surface area contributed by atoms with Gasteiger partial charge in [0.25, 0.3) is 0 Å². The van der Waals surface area contributed by atoms with E-state index in [0.717, 1.165) is 25.6 Å². The predicted molar refractivity (Wildman–Crippen MR) is 70.0 cm³/mol. The molecule has 0 amide bonds. The van der Waals surface area contributed by atoms with Crippen molar-refractivity contribution in [1.29, 1.82) is 0 Å². The maximum absolute atomic E-state index is 3.58. The van der Waals surface area contributed by atoms with Crippen LogP contribution in [0.4, 0.5) is 5.69 Å². The average Bonchev–Trinajstić information content (AvgIpc) is 2.73. The topological polar surface area (TPSA) is 24.1 Å². The first-order chi connectivity index (χ1) is 7.81. The number of rotatable bonds is 5. The predicted octanol–water partition coefficient (Wildman–Crippen LogP) is 2.83. The van der Waals surface area contributed by atoms with Crippen molar-refractivity contribution in [2.45, 2.75) is 26.2 Å². The van der Waals surface area contributed by atoms with E-state index >= 15 is 0 Å². The summed E-state index contributed by atoms with van der Waals surface area (Å²) in [6.45, 7) is 7.85. The summed E-state index contributed by atoms with van der Waals surface area (Å²) < 4.78 is 0. The molecule has 2 nitrogen and oxygen atoms in total. The standard InChI is InChI=1S/C14H22N2/c1-3-11(2)8-15-9-12-10-16-14-7-5-4-6-13(12)14/h4-7,11-12,15-16H,3,8-10H2,1-2H3. The molecule has 2 atom stereocenters. The largest absolute Gasteiger partial charge is 0.384 e. The Kier molecular flexibility index (Phi) is 3.83. The molecule has 2 unspecified atom stereocenters. The van der Waals surface area contributed by atoms with E-state index in [1.165, 1.54) is 17.7 Å². The van der Waals surface area contributed by atoms with E-state index in [-0.39, 0.29) is 0 Å². The van der Waals surface area contributed by atoms with Crippen molar-refractivity contribution in [3.05, 3.63) is 29.8 Å². The Balaban J connectivity index is 1.84. The zero-order valence-corrected chi connectivity index (χ0v) is 10.3. The van der Waals surface area contributed by atoms with Crippen LogP contribution in [-0.4, -0.2) is 19.6 Å². The molecule has 0 bridgehead atoms. The number of fused-ring (bicyclic) bond motifs is 1. The van der Waals surface area contributed by atoms with Crippen molar-refractivity contribution in [1.82, 2.24) is 5.32 Å². The molecule has 1 aromatic rings. The fourth-order valence-corrected chi connectivity index (χ4v) is 2.19. The number of anilines is 1. The van der Waals surface area contributed by atoms with Crippen molar-refractivity contribution in [2.75, 3.05) is 25.0 Å². The molecule has 0 radical (unpaired) electrons. The summed E-state index contributed by atoms with van der Waals surface area (Å²) in [6.07, 6.45) is 1.26. The van der Waals surface area contributed by atoms with Crippen LogP contribution in [0.25, 0.3) is 0 Å². The zero-order valence-electron chi connectivity index (χ0n) is 10.3. The van der Waals surface area contributed by atoms with Crippen LogP contribution in [-0.2, 0) is 0 Å². The number of hydrogen-bond acceptors (Lipinski definition) is 2. The lowest BCUT2D eigenvalue weighted by atomic mass is 10.0. The molecule has 2 heteroatoms. The molecule has 1 aromatic carbocycles. The van der Waals surface area contributed by atoms with Crippen LogP contribution in [0, 0.1) is 5.92 Å². The second-order valence-corrected chi connectivity index (χ2v) is 4.84. The van der Waals surface area contributed by atoms with E-state index < -0.39 is 0 Å². The summed E-state index contributed by atoms with van der Waals surface area (Å²) in [5.74, 6) is 1.42. The van der Waals surface area contributed by atoms with Crippen LogP contribution < -0.4 is 10.6 Å². The maximum Gasteiger partial charge on any atom is 0.0376 e. The summed E-state index contributed by atoms with van der Waals surface area (Å²) in [5, 5.41) is 7.04. The van der Waals surface area contributed by atoms with Gasteiger partial charge in [0.05, 0.1) is 0 Å². The lowest BCUT2D eigenvalue weighted by Gasteiger charge is -2.14. The summed E-state index contributed by atoms with van der Waals surface area (Å²) in [6, 6.07) is 8.64. The van der Waals surface area contributed by atoms with Gasteiger partial charge in [0, 0.05) is 24.7 Å². The van der Waals surface area contributed by atoms with E-state index in [1.807, 2.05) is 0 Å². The van der Waals surface area contributed by atoms with Gasteiger partial charge in [-0.05, 0) is 24.1 Å². The smallest absolute Gasteiger partial charge is 0.0376 e. The first-order valence-corrected chi connectivity index (χ1v) is 6.34. The molecule has 2 rings (SSSR count). The lowest BCUT2D eigenvalue weighted by molar-refractivity contribution is 0.486. The summed E-state index contributed by atoms with van der Waals surface area (Å²) in [7, 11) is 0. The number of benzene rings is 1. The van der Waals surface area contributed by atoms with Crippen LogP contribution >= 0.6 is 0 Å². The first-order valence-electron chi connectivity index (χ1n) is 6.34. The SMILES string of the molecule is CCC(C)CNCC1CNc2ccccc21. The van der Waals surface area contributed by atoms with E-state index in [1.54, 1.807) is 0 Å². The molecular formula is C14H22N2. The van der Waals surface area contributed by atoms with Gasteiger partial charge in [0.1, 0.15) is 0 Å². The molecular weight excluding hydrogens is 196 g/mol. The molecule has 0 saturated carbocycles. The van der Waals surface area contributed by atoms with Crippen LogP contribution in [0.2, 0.25) is 0 Å². The van der Waals surface area contributed by atoms with Gasteiger partial charge in [0.2, 0.25) is 0 Å². The number of nitrogens with one attached hydrogen (secondary N) is 2. The van der Waals surface area contributed by atoms with Crippen molar-refractivity contribution in [3.63, 3.8) is 0 Å². The van der Waals surface area contributed by atoms with E-state index in [0.29, 0.717) is 5.92 Å². The van der Waals surface area contributed by atoms with Gasteiger partial charge in [-0.25, -0.2) is 0 Å². The maximum atomic E-state index is 3.58. The third-order valence-corrected chi connectivity index (χ3v) is 3.52. The van der Waals surface area contributed by atoms with Crippen LogP contribution in [0.3, 0.4) is 0 Å². The Bertz CT molecular complexity index is 335. The molecule has 0 saturated heterocycles. The van der Waals surface area contributed by atoms with Gasteiger partial charge in [-0.1, -0.05) is 38.5 Å². The van der Waals surface area contributed by atoms with Gasteiger partial charge >= 0.3 is 0 Å². The van der Waals surface area contributed by atoms with E-state index in [4.69, 9.17) is 0 Å². The van der Waals surface area contributed by atoms with Gasteiger partial charge in [-0.3, -0.25) is 0 Å². The van der Waals surface area contributed by atoms with E-state index in [2.05, 4.69) is 48.7 Å². The molecule has 0 aromatic heterocycles. The second-order valence-electron chi connectivity index (χ2n) is 4.84. The molecule has 1 aliphatic heterocycles. The third-order valence-electron chi connectivity index (χ3n) is 3.52. The summed E-state index contributed by atoms with van der Waals surface area (Å²) >= 11 is 0. The van der Waals surface area contributed by atoms with E-state index in [9.17, 15) is 0 Å². The highest BCUT2D eigenvalue weighted by Gasteiger charge is 2.20. The molecule has 0 spiro atoms. The Morgan fingerprint density at radius 1 is 1.44 bits per heavy atom. The van der Waals surface area contributed by atoms with Crippen LogP contribution in [0.1, 0.15) is 31.7 Å². The molecule has 1 aliphatic rings. The van der Waals surface area contributed by atoms with Gasteiger partial charge in [0.15, 0.2) is 0 Å². The van der Waals surface area contributed by atoms with Crippen molar-refractivity contribution in [2.24, 2.45) is 5.92 Å². The van der Waals surface area contributed by atoms with Crippen LogP contribution in [0.5, 0.6) is 0 Å². The van der Waals surface area contributed by atoms with Gasteiger partial charge in [-0.15, -0.1) is 0 Å². The summed E-state index contributed by atoms with van der Waals surface area (Å²) in [5.41, 5.74) is 2.79. The number of para-hydroxylation sites is 1. The van der Waals surface area contributed by atoms with Crippen molar-refractivity contribution >= 4 is 5.69 Å². The minimum absolute atomic E-state index is 0.639. The first kappa shape index (κ1) is 11.5. The second kappa shape index (κ2) is 5.35. The minimum atomic E-state index is 0.639. The van der Waals surface area contributed by atoms with Crippen molar-refractivity contribution < 1.29 is 0 Å². The molecule has 0 fully saturated rings.